The van der Waals surface area contributed by atoms with Gasteiger partial charge in [-0.05, 0) is 13.8 Å². The maximum atomic E-state index is 12.0. The molecule has 0 bridgehead atoms. The number of amidine groups is 1. The van der Waals surface area contributed by atoms with Gasteiger partial charge >= 0.3 is 0 Å². The molecule has 7 heteroatoms. The van der Waals surface area contributed by atoms with Crippen LogP contribution >= 0.6 is 0 Å². The highest BCUT2D eigenvalue weighted by Gasteiger charge is 2.35. The first-order chi connectivity index (χ1) is 7.77. The summed E-state index contributed by atoms with van der Waals surface area (Å²) in [5.41, 5.74) is 4.33. The summed E-state index contributed by atoms with van der Waals surface area (Å²) in [6.07, 6.45) is -0.767. The number of carbonyl (C=O) groups excluding carboxylic acids is 1. The van der Waals surface area contributed by atoms with Crippen LogP contribution < -0.4 is 5.73 Å². The maximum absolute atomic E-state index is 12.0. The standard InChI is InChI=1S/C10H21N3O4/c1-10(2,8(11)12-16)9(15)13(3)5-7(14)6-17-4/h7,14,16H,5-6H2,1-4H3,(H2,11,12). The van der Waals surface area contributed by atoms with Crippen molar-refractivity contribution in [2.75, 3.05) is 27.3 Å². The molecule has 1 unspecified atom stereocenters. The van der Waals surface area contributed by atoms with E-state index in [0.29, 0.717) is 0 Å². The lowest BCUT2D eigenvalue weighted by Gasteiger charge is -2.29. The fraction of sp³-hybridized carbons (Fsp3) is 0.800. The van der Waals surface area contributed by atoms with E-state index in [1.165, 1.54) is 19.1 Å². The Hall–Kier alpha value is -1.34. The maximum Gasteiger partial charge on any atom is 0.235 e. The summed E-state index contributed by atoms with van der Waals surface area (Å²) >= 11 is 0. The van der Waals surface area contributed by atoms with Crippen LogP contribution in [0.15, 0.2) is 5.16 Å². The summed E-state index contributed by atoms with van der Waals surface area (Å²) < 4.78 is 4.76. The van der Waals surface area contributed by atoms with E-state index in [9.17, 15) is 9.90 Å². The van der Waals surface area contributed by atoms with Crippen molar-refractivity contribution >= 4 is 11.7 Å². The monoisotopic (exact) mass is 247 g/mol. The predicted octanol–water partition coefficient (Wildman–Crippen LogP) is -0.775. The first-order valence-corrected chi connectivity index (χ1v) is 5.18. The Morgan fingerprint density at radius 1 is 1.59 bits per heavy atom. The third kappa shape index (κ3) is 4.20. The Labute approximate surface area is 101 Å². The zero-order valence-electron chi connectivity index (χ0n) is 10.7. The van der Waals surface area contributed by atoms with E-state index >= 15 is 0 Å². The van der Waals surface area contributed by atoms with Gasteiger partial charge in [0.25, 0.3) is 0 Å². The lowest BCUT2D eigenvalue weighted by atomic mass is 9.90. The molecule has 7 nitrogen and oxygen atoms in total. The van der Waals surface area contributed by atoms with Gasteiger partial charge < -0.3 is 25.7 Å². The molecule has 0 aromatic rings. The summed E-state index contributed by atoms with van der Waals surface area (Å²) in [5.74, 6) is -0.515. The number of aliphatic hydroxyl groups is 1. The average Bonchev–Trinajstić information content (AvgIpc) is 2.26. The molecule has 100 valence electrons. The van der Waals surface area contributed by atoms with Gasteiger partial charge in [0.15, 0.2) is 5.84 Å². The minimum absolute atomic E-state index is 0.120. The zero-order chi connectivity index (χ0) is 13.6. The SMILES string of the molecule is COCC(O)CN(C)C(=O)C(C)(C)C(N)=NO. The summed E-state index contributed by atoms with van der Waals surface area (Å²) in [6.45, 7) is 3.35. The lowest BCUT2D eigenvalue weighted by molar-refractivity contribution is -0.137. The molecule has 17 heavy (non-hydrogen) atoms. The van der Waals surface area contributed by atoms with Gasteiger partial charge in [-0.25, -0.2) is 0 Å². The van der Waals surface area contributed by atoms with E-state index in [1.54, 1.807) is 13.8 Å². The zero-order valence-corrected chi connectivity index (χ0v) is 10.7. The molecule has 0 saturated heterocycles. The number of hydrogen-bond donors (Lipinski definition) is 3. The van der Waals surface area contributed by atoms with Gasteiger partial charge in [0.2, 0.25) is 5.91 Å². The molecule has 0 aliphatic carbocycles. The number of oxime groups is 1. The first kappa shape index (κ1) is 15.7. The first-order valence-electron chi connectivity index (χ1n) is 5.18. The van der Waals surface area contributed by atoms with E-state index in [2.05, 4.69) is 5.16 Å². The number of aliphatic hydroxyl groups excluding tert-OH is 1. The van der Waals surface area contributed by atoms with Crippen LogP contribution in [0.4, 0.5) is 0 Å². The van der Waals surface area contributed by atoms with E-state index < -0.39 is 11.5 Å². The highest BCUT2D eigenvalue weighted by Crippen LogP contribution is 2.18. The van der Waals surface area contributed by atoms with E-state index in [1.807, 2.05) is 0 Å². The second kappa shape index (κ2) is 6.41. The molecule has 0 fully saturated rings. The smallest absolute Gasteiger partial charge is 0.235 e. The number of ether oxygens (including phenoxy) is 1. The normalized spacial score (nSPS) is 14.5. The predicted molar refractivity (Wildman–Crippen MR) is 62.7 cm³/mol. The van der Waals surface area contributed by atoms with Crippen LogP contribution in [-0.2, 0) is 9.53 Å². The highest BCUT2D eigenvalue weighted by molar-refractivity contribution is 6.05. The number of nitrogens with two attached hydrogens (primary N) is 1. The average molecular weight is 247 g/mol. The Balaban J connectivity index is 4.60. The van der Waals surface area contributed by atoms with Gasteiger partial charge in [0, 0.05) is 20.7 Å². The number of carbonyl (C=O) groups is 1. The molecular weight excluding hydrogens is 226 g/mol. The van der Waals surface area contributed by atoms with Gasteiger partial charge in [-0.2, -0.15) is 0 Å². The van der Waals surface area contributed by atoms with Crippen molar-refractivity contribution in [3.63, 3.8) is 0 Å². The Bertz CT molecular complexity index is 291. The quantitative estimate of drug-likeness (QED) is 0.247. The molecule has 0 rings (SSSR count). The molecule has 1 amide bonds. The minimum atomic E-state index is -1.11. The van der Waals surface area contributed by atoms with Crippen LogP contribution in [0.1, 0.15) is 13.8 Å². The van der Waals surface area contributed by atoms with E-state index in [-0.39, 0.29) is 24.9 Å². The molecule has 4 N–H and O–H groups in total. The van der Waals surface area contributed by atoms with Crippen LogP contribution in [0.2, 0.25) is 0 Å². The molecule has 0 radical (unpaired) electrons. The molecular formula is C10H21N3O4. The van der Waals surface area contributed by atoms with Gasteiger partial charge in [0.1, 0.15) is 5.41 Å². The van der Waals surface area contributed by atoms with Gasteiger partial charge in [-0.1, -0.05) is 5.16 Å². The van der Waals surface area contributed by atoms with Crippen LogP contribution in [0.3, 0.4) is 0 Å². The van der Waals surface area contributed by atoms with Crippen LogP contribution in [0.5, 0.6) is 0 Å². The largest absolute Gasteiger partial charge is 0.409 e. The Kier molecular flexibility index (Phi) is 5.90. The molecule has 0 spiro atoms. The van der Waals surface area contributed by atoms with Gasteiger partial charge in [0.05, 0.1) is 12.7 Å². The van der Waals surface area contributed by atoms with E-state index in [4.69, 9.17) is 15.7 Å². The summed E-state index contributed by atoms with van der Waals surface area (Å²) in [6, 6.07) is 0. The third-order valence-electron chi connectivity index (χ3n) is 2.47. The number of rotatable bonds is 6. The number of amides is 1. The Morgan fingerprint density at radius 2 is 2.12 bits per heavy atom. The van der Waals surface area contributed by atoms with Crippen molar-refractivity contribution in [1.29, 1.82) is 0 Å². The third-order valence-corrected chi connectivity index (χ3v) is 2.47. The molecule has 0 aromatic heterocycles. The minimum Gasteiger partial charge on any atom is -0.409 e. The molecule has 0 saturated carbocycles. The van der Waals surface area contributed by atoms with Crippen LogP contribution in [0.25, 0.3) is 0 Å². The van der Waals surface area contributed by atoms with Crippen molar-refractivity contribution in [2.24, 2.45) is 16.3 Å². The second-order valence-corrected chi connectivity index (χ2v) is 4.41. The molecule has 0 aliphatic heterocycles. The molecule has 0 aliphatic rings. The topological polar surface area (TPSA) is 108 Å². The van der Waals surface area contributed by atoms with Crippen molar-refractivity contribution in [3.8, 4) is 0 Å². The van der Waals surface area contributed by atoms with Crippen molar-refractivity contribution in [3.05, 3.63) is 0 Å². The molecule has 0 heterocycles. The van der Waals surface area contributed by atoms with Gasteiger partial charge in [-0.15, -0.1) is 0 Å². The molecule has 0 aromatic carbocycles. The van der Waals surface area contributed by atoms with Crippen molar-refractivity contribution in [2.45, 2.75) is 20.0 Å². The van der Waals surface area contributed by atoms with Gasteiger partial charge in [-0.3, -0.25) is 4.79 Å². The number of likely N-dealkylation sites (N-methyl/N-ethyl adjacent to an activating group) is 1. The highest BCUT2D eigenvalue weighted by atomic mass is 16.5. The fourth-order valence-corrected chi connectivity index (χ4v) is 1.36. The summed E-state index contributed by atoms with van der Waals surface area (Å²) in [5, 5.41) is 20.9. The van der Waals surface area contributed by atoms with Crippen molar-refractivity contribution in [1.82, 2.24) is 4.90 Å². The molecule has 1 atom stereocenters. The van der Waals surface area contributed by atoms with Crippen LogP contribution in [-0.4, -0.2) is 60.4 Å². The van der Waals surface area contributed by atoms with E-state index in [0.717, 1.165) is 0 Å². The Morgan fingerprint density at radius 3 is 2.53 bits per heavy atom. The lowest BCUT2D eigenvalue weighted by Crippen LogP contribution is -2.48. The number of hydrogen-bond acceptors (Lipinski definition) is 5. The summed E-state index contributed by atoms with van der Waals surface area (Å²) in [7, 11) is 3.00. The van der Waals surface area contributed by atoms with Crippen LogP contribution in [0, 0.1) is 5.41 Å². The van der Waals surface area contributed by atoms with Crippen molar-refractivity contribution < 1.29 is 19.8 Å². The fourth-order valence-electron chi connectivity index (χ4n) is 1.36. The number of methoxy groups -OCH3 is 1. The second-order valence-electron chi connectivity index (χ2n) is 4.41. The number of nitrogens with zero attached hydrogens (tertiary/aromatic N) is 2. The summed E-state index contributed by atoms with van der Waals surface area (Å²) in [4.78, 5) is 13.3.